The smallest absolute Gasteiger partial charge is 0.215 e. The quantitative estimate of drug-likeness (QED) is 0.749. The van der Waals surface area contributed by atoms with E-state index in [-0.39, 0.29) is 0 Å². The summed E-state index contributed by atoms with van der Waals surface area (Å²) < 4.78 is 10.6. The Labute approximate surface area is 97.5 Å². The summed E-state index contributed by atoms with van der Waals surface area (Å²) in [6.45, 7) is 2.51. The number of aromatic amines is 1. The van der Waals surface area contributed by atoms with Gasteiger partial charge in [-0.2, -0.15) is 4.98 Å². The van der Waals surface area contributed by atoms with E-state index in [1.165, 1.54) is 0 Å². The zero-order valence-electron chi connectivity index (χ0n) is 9.30. The monoisotopic (exact) mass is 229 g/mol. The zero-order valence-corrected chi connectivity index (χ0v) is 9.30. The van der Waals surface area contributed by atoms with Crippen LogP contribution in [-0.2, 0) is 0 Å². The van der Waals surface area contributed by atoms with Gasteiger partial charge in [0.1, 0.15) is 0 Å². The van der Waals surface area contributed by atoms with Gasteiger partial charge in [0.2, 0.25) is 5.88 Å². The van der Waals surface area contributed by atoms with Crippen LogP contribution in [0.1, 0.15) is 6.92 Å². The van der Waals surface area contributed by atoms with Gasteiger partial charge in [-0.1, -0.05) is 0 Å². The second-order valence-corrected chi connectivity index (χ2v) is 3.52. The van der Waals surface area contributed by atoms with Gasteiger partial charge >= 0.3 is 0 Å². The first-order chi connectivity index (χ1) is 8.36. The molecule has 0 aromatic carbocycles. The molecule has 0 bridgehead atoms. The molecule has 1 N–H and O–H groups in total. The molecule has 3 heterocycles. The maximum absolute atomic E-state index is 5.33. The average Bonchev–Trinajstić information content (AvgIpc) is 2.97. The van der Waals surface area contributed by atoms with Gasteiger partial charge in [0.05, 0.1) is 18.4 Å². The minimum absolute atomic E-state index is 0.581. The summed E-state index contributed by atoms with van der Waals surface area (Å²) in [5.74, 6) is 1.95. The molecule has 0 atom stereocenters. The van der Waals surface area contributed by atoms with E-state index >= 15 is 0 Å². The Balaban J connectivity index is 2.07. The third kappa shape index (κ3) is 1.75. The molecule has 3 rings (SSSR count). The van der Waals surface area contributed by atoms with Crippen molar-refractivity contribution in [1.29, 1.82) is 0 Å². The number of fused-ring (bicyclic) bond motifs is 1. The van der Waals surface area contributed by atoms with Crippen LogP contribution in [0.15, 0.2) is 34.9 Å². The van der Waals surface area contributed by atoms with Crippen molar-refractivity contribution in [2.24, 2.45) is 0 Å². The van der Waals surface area contributed by atoms with E-state index in [4.69, 9.17) is 9.15 Å². The number of nitrogens with one attached hydrogen (secondary N) is 1. The maximum atomic E-state index is 5.33. The number of H-pyrrole nitrogens is 1. The van der Waals surface area contributed by atoms with E-state index in [1.807, 2.05) is 31.2 Å². The molecule has 0 radical (unpaired) electrons. The highest BCUT2D eigenvalue weighted by atomic mass is 16.5. The van der Waals surface area contributed by atoms with Crippen LogP contribution in [0.4, 0.5) is 0 Å². The number of furan rings is 1. The van der Waals surface area contributed by atoms with E-state index in [1.54, 1.807) is 6.26 Å². The molecule has 3 aromatic rings. The molecule has 0 unspecified atom stereocenters. The van der Waals surface area contributed by atoms with Crippen molar-refractivity contribution in [2.75, 3.05) is 6.61 Å². The molecule has 0 saturated carbocycles. The average molecular weight is 229 g/mol. The molecule has 3 aromatic heterocycles. The van der Waals surface area contributed by atoms with Crippen LogP contribution < -0.4 is 4.74 Å². The third-order valence-corrected chi connectivity index (χ3v) is 2.37. The van der Waals surface area contributed by atoms with Gasteiger partial charge in [-0.3, -0.25) is 0 Å². The Kier molecular flexibility index (Phi) is 2.29. The number of nitrogens with zero attached hydrogens (tertiary/aromatic N) is 2. The number of hydrogen-bond acceptors (Lipinski definition) is 4. The molecule has 0 aliphatic heterocycles. The maximum Gasteiger partial charge on any atom is 0.215 e. The standard InChI is InChI=1S/C12H11N3O2/c1-2-16-10-6-5-8-11(14-10)15-12(13-8)9-4-3-7-17-9/h3-7H,2H2,1H3,(H,13,14,15). The number of rotatable bonds is 3. The topological polar surface area (TPSA) is 63.9 Å². The van der Waals surface area contributed by atoms with Crippen LogP contribution in [-0.4, -0.2) is 21.6 Å². The SMILES string of the molecule is CCOc1ccc2[nH]c(-c3ccco3)nc2n1. The van der Waals surface area contributed by atoms with Crippen molar-refractivity contribution < 1.29 is 9.15 Å². The second kappa shape index (κ2) is 3.93. The fourth-order valence-corrected chi connectivity index (χ4v) is 1.63. The number of imidazole rings is 1. The minimum Gasteiger partial charge on any atom is -0.478 e. The van der Waals surface area contributed by atoms with Crippen LogP contribution in [0, 0.1) is 0 Å². The van der Waals surface area contributed by atoms with Gasteiger partial charge in [0, 0.05) is 6.07 Å². The van der Waals surface area contributed by atoms with Gasteiger partial charge in [0.15, 0.2) is 17.2 Å². The van der Waals surface area contributed by atoms with Crippen LogP contribution in [0.25, 0.3) is 22.7 Å². The largest absolute Gasteiger partial charge is 0.478 e. The number of pyridine rings is 1. The van der Waals surface area contributed by atoms with Crippen molar-refractivity contribution in [3.63, 3.8) is 0 Å². The third-order valence-electron chi connectivity index (χ3n) is 2.37. The first kappa shape index (κ1) is 9.89. The van der Waals surface area contributed by atoms with E-state index in [9.17, 15) is 0 Å². The van der Waals surface area contributed by atoms with Crippen LogP contribution in [0.3, 0.4) is 0 Å². The van der Waals surface area contributed by atoms with Gasteiger partial charge in [0.25, 0.3) is 0 Å². The molecule has 17 heavy (non-hydrogen) atoms. The highest BCUT2D eigenvalue weighted by Crippen LogP contribution is 2.21. The van der Waals surface area contributed by atoms with Crippen molar-refractivity contribution >= 4 is 11.2 Å². The van der Waals surface area contributed by atoms with Crippen molar-refractivity contribution in [3.8, 4) is 17.5 Å². The van der Waals surface area contributed by atoms with Crippen molar-refractivity contribution in [1.82, 2.24) is 15.0 Å². The summed E-state index contributed by atoms with van der Waals surface area (Å²) in [6, 6.07) is 7.38. The molecule has 0 aliphatic carbocycles. The molecule has 86 valence electrons. The highest BCUT2D eigenvalue weighted by molar-refractivity contribution is 5.75. The molecule has 0 fully saturated rings. The summed E-state index contributed by atoms with van der Waals surface area (Å²) in [4.78, 5) is 11.8. The summed E-state index contributed by atoms with van der Waals surface area (Å²) in [6.07, 6.45) is 1.61. The number of hydrogen-bond donors (Lipinski definition) is 1. The van der Waals surface area contributed by atoms with Crippen molar-refractivity contribution in [2.45, 2.75) is 6.92 Å². The van der Waals surface area contributed by atoms with Crippen molar-refractivity contribution in [3.05, 3.63) is 30.5 Å². The molecule has 0 saturated heterocycles. The fourth-order valence-electron chi connectivity index (χ4n) is 1.63. The van der Waals surface area contributed by atoms with Gasteiger partial charge in [-0.15, -0.1) is 0 Å². The summed E-state index contributed by atoms with van der Waals surface area (Å²) in [5.41, 5.74) is 1.49. The van der Waals surface area contributed by atoms with Gasteiger partial charge in [-0.25, -0.2) is 4.98 Å². The Morgan fingerprint density at radius 2 is 2.24 bits per heavy atom. The summed E-state index contributed by atoms with van der Waals surface area (Å²) in [5, 5.41) is 0. The van der Waals surface area contributed by atoms with Gasteiger partial charge < -0.3 is 14.1 Å². The molecule has 5 heteroatoms. The lowest BCUT2D eigenvalue weighted by atomic mass is 10.4. The minimum atomic E-state index is 0.581. The first-order valence-corrected chi connectivity index (χ1v) is 5.40. The summed E-state index contributed by atoms with van der Waals surface area (Å²) >= 11 is 0. The van der Waals surface area contributed by atoms with E-state index in [0.717, 1.165) is 5.52 Å². The van der Waals surface area contributed by atoms with Gasteiger partial charge in [-0.05, 0) is 25.1 Å². The molecule has 0 aliphatic rings. The van der Waals surface area contributed by atoms with E-state index in [2.05, 4.69) is 15.0 Å². The molecule has 5 nitrogen and oxygen atoms in total. The van der Waals surface area contributed by atoms with Crippen LogP contribution >= 0.6 is 0 Å². The number of aromatic nitrogens is 3. The summed E-state index contributed by atoms with van der Waals surface area (Å²) in [7, 11) is 0. The molecular formula is C12H11N3O2. The van der Waals surface area contributed by atoms with E-state index < -0.39 is 0 Å². The Hall–Kier alpha value is -2.30. The Morgan fingerprint density at radius 1 is 1.29 bits per heavy atom. The Morgan fingerprint density at radius 3 is 3.00 bits per heavy atom. The lowest BCUT2D eigenvalue weighted by Crippen LogP contribution is -1.93. The highest BCUT2D eigenvalue weighted by Gasteiger charge is 2.09. The predicted molar refractivity (Wildman–Crippen MR) is 62.8 cm³/mol. The second-order valence-electron chi connectivity index (χ2n) is 3.52. The lowest BCUT2D eigenvalue weighted by Gasteiger charge is -1.99. The predicted octanol–water partition coefficient (Wildman–Crippen LogP) is 2.62. The van der Waals surface area contributed by atoms with E-state index in [0.29, 0.717) is 29.7 Å². The molecule has 0 spiro atoms. The lowest BCUT2D eigenvalue weighted by molar-refractivity contribution is 0.328. The Bertz CT molecular complexity index is 628. The molecular weight excluding hydrogens is 218 g/mol. The van der Waals surface area contributed by atoms with Crippen LogP contribution in [0.5, 0.6) is 5.88 Å². The number of ether oxygens (including phenoxy) is 1. The van der Waals surface area contributed by atoms with Crippen LogP contribution in [0.2, 0.25) is 0 Å². The normalized spacial score (nSPS) is 10.9. The zero-order chi connectivity index (χ0) is 11.7. The fraction of sp³-hybridized carbons (Fsp3) is 0.167. The molecule has 0 amide bonds. The first-order valence-electron chi connectivity index (χ1n) is 5.40.